The van der Waals surface area contributed by atoms with Gasteiger partial charge in [-0.15, -0.1) is 11.3 Å². The Morgan fingerprint density at radius 1 is 1.33 bits per heavy atom. The van der Waals surface area contributed by atoms with Crippen molar-refractivity contribution in [1.82, 2.24) is 0 Å². The third-order valence-electron chi connectivity index (χ3n) is 3.59. The van der Waals surface area contributed by atoms with Crippen LogP contribution >= 0.6 is 11.3 Å². The molecule has 3 N–H and O–H groups in total. The average molecular weight is 258 g/mol. The molecule has 0 saturated heterocycles. The molecule has 1 atom stereocenters. The van der Waals surface area contributed by atoms with Crippen LogP contribution < -0.4 is 11.1 Å². The first-order chi connectivity index (χ1) is 8.74. The topological polar surface area (TPSA) is 38.0 Å². The number of nitrogens with one attached hydrogen (secondary N) is 1. The molecule has 0 spiro atoms. The van der Waals surface area contributed by atoms with Gasteiger partial charge in [-0.2, -0.15) is 0 Å². The van der Waals surface area contributed by atoms with E-state index in [0.717, 1.165) is 11.4 Å². The molecular formula is C15H18N2S. The summed E-state index contributed by atoms with van der Waals surface area (Å²) in [5.41, 5.74) is 10.6. The summed E-state index contributed by atoms with van der Waals surface area (Å²) in [4.78, 5) is 1.53. The lowest BCUT2D eigenvalue weighted by atomic mass is 9.93. The number of rotatable bonds is 2. The fourth-order valence-corrected chi connectivity index (χ4v) is 3.63. The number of hydrogen-bond donors (Lipinski definition) is 2. The maximum Gasteiger partial charge on any atom is 0.0578 e. The molecule has 1 unspecified atom stereocenters. The first-order valence-corrected chi connectivity index (χ1v) is 7.31. The monoisotopic (exact) mass is 258 g/mol. The van der Waals surface area contributed by atoms with E-state index in [4.69, 9.17) is 5.73 Å². The number of anilines is 2. The van der Waals surface area contributed by atoms with Crippen molar-refractivity contribution in [1.29, 1.82) is 0 Å². The summed E-state index contributed by atoms with van der Waals surface area (Å²) in [5, 5.41) is 5.80. The summed E-state index contributed by atoms with van der Waals surface area (Å²) in [6, 6.07) is 8.90. The third kappa shape index (κ3) is 2.10. The normalized spacial score (nSPS) is 18.4. The van der Waals surface area contributed by atoms with Crippen molar-refractivity contribution >= 4 is 22.7 Å². The maximum absolute atomic E-state index is 6.07. The van der Waals surface area contributed by atoms with Crippen LogP contribution in [0.1, 0.15) is 34.9 Å². The van der Waals surface area contributed by atoms with Gasteiger partial charge in [0.1, 0.15) is 0 Å². The Hall–Kier alpha value is -1.48. The first kappa shape index (κ1) is 11.6. The predicted molar refractivity (Wildman–Crippen MR) is 79.2 cm³/mol. The minimum atomic E-state index is 0.421. The van der Waals surface area contributed by atoms with Crippen LogP contribution in [0.5, 0.6) is 0 Å². The van der Waals surface area contributed by atoms with Gasteiger partial charge in [-0.3, -0.25) is 0 Å². The quantitative estimate of drug-likeness (QED) is 0.795. The van der Waals surface area contributed by atoms with Crippen LogP contribution in [-0.2, 0) is 6.42 Å². The van der Waals surface area contributed by atoms with E-state index >= 15 is 0 Å². The number of benzene rings is 1. The molecule has 0 fully saturated rings. The third-order valence-corrected chi connectivity index (χ3v) is 4.59. The second-order valence-corrected chi connectivity index (χ2v) is 5.98. The molecule has 1 aromatic carbocycles. The summed E-state index contributed by atoms with van der Waals surface area (Å²) < 4.78 is 0. The molecule has 0 radical (unpaired) electrons. The number of nitrogens with two attached hydrogens (primary N) is 1. The van der Waals surface area contributed by atoms with E-state index in [1.807, 2.05) is 17.4 Å². The molecule has 0 bridgehead atoms. The van der Waals surface area contributed by atoms with Gasteiger partial charge in [0, 0.05) is 4.88 Å². The molecule has 3 rings (SSSR count). The standard InChI is InChI=1S/C15H18N2S/c1-10-5-6-14(12(16)9-10)17-13-3-2-4-15-11(13)7-8-18-15/h5-9,13,17H,2-4,16H2,1H3. The molecule has 18 heavy (non-hydrogen) atoms. The Bertz CT molecular complexity index is 559. The van der Waals surface area contributed by atoms with Crippen LogP contribution in [0, 0.1) is 6.92 Å². The molecule has 1 aromatic heterocycles. The summed E-state index contributed by atoms with van der Waals surface area (Å²) in [6.45, 7) is 2.07. The largest absolute Gasteiger partial charge is 0.397 e. The SMILES string of the molecule is Cc1ccc(NC2CCCc3sccc32)c(N)c1. The summed E-state index contributed by atoms with van der Waals surface area (Å²) >= 11 is 1.88. The van der Waals surface area contributed by atoms with E-state index in [-0.39, 0.29) is 0 Å². The number of nitrogen functional groups attached to an aromatic ring is 1. The highest BCUT2D eigenvalue weighted by molar-refractivity contribution is 7.10. The van der Waals surface area contributed by atoms with Crippen LogP contribution in [0.15, 0.2) is 29.6 Å². The fourth-order valence-electron chi connectivity index (χ4n) is 2.64. The molecule has 0 amide bonds. The molecule has 3 heteroatoms. The molecule has 94 valence electrons. The first-order valence-electron chi connectivity index (χ1n) is 6.43. The van der Waals surface area contributed by atoms with E-state index in [9.17, 15) is 0 Å². The van der Waals surface area contributed by atoms with Crippen molar-refractivity contribution in [3.8, 4) is 0 Å². The lowest BCUT2D eigenvalue weighted by molar-refractivity contribution is 0.609. The van der Waals surface area contributed by atoms with Gasteiger partial charge in [-0.1, -0.05) is 6.07 Å². The minimum absolute atomic E-state index is 0.421. The van der Waals surface area contributed by atoms with Crippen LogP contribution in [-0.4, -0.2) is 0 Å². The van der Waals surface area contributed by atoms with Crippen LogP contribution in [0.25, 0.3) is 0 Å². The van der Waals surface area contributed by atoms with Crippen molar-refractivity contribution in [2.24, 2.45) is 0 Å². The van der Waals surface area contributed by atoms with Crippen molar-refractivity contribution in [3.05, 3.63) is 45.6 Å². The van der Waals surface area contributed by atoms with E-state index in [2.05, 4.69) is 35.8 Å². The van der Waals surface area contributed by atoms with Gasteiger partial charge >= 0.3 is 0 Å². The maximum atomic E-state index is 6.07. The Morgan fingerprint density at radius 2 is 2.22 bits per heavy atom. The van der Waals surface area contributed by atoms with Crippen molar-refractivity contribution in [3.63, 3.8) is 0 Å². The minimum Gasteiger partial charge on any atom is -0.397 e. The lowest BCUT2D eigenvalue weighted by Crippen LogP contribution is -2.16. The number of aryl methyl sites for hydroxylation is 2. The van der Waals surface area contributed by atoms with Crippen molar-refractivity contribution in [2.75, 3.05) is 11.1 Å². The Morgan fingerprint density at radius 3 is 3.06 bits per heavy atom. The molecule has 2 nitrogen and oxygen atoms in total. The number of thiophene rings is 1. The Balaban J connectivity index is 1.86. The second kappa shape index (κ2) is 4.65. The van der Waals surface area contributed by atoms with Gasteiger partial charge in [0.25, 0.3) is 0 Å². The molecule has 0 saturated carbocycles. The molecule has 2 aromatic rings. The summed E-state index contributed by atoms with van der Waals surface area (Å²) in [6.07, 6.45) is 3.68. The number of hydrogen-bond acceptors (Lipinski definition) is 3. The number of fused-ring (bicyclic) bond motifs is 1. The van der Waals surface area contributed by atoms with E-state index in [1.54, 1.807) is 0 Å². The molecule has 1 aliphatic rings. The van der Waals surface area contributed by atoms with Gasteiger partial charge < -0.3 is 11.1 Å². The highest BCUT2D eigenvalue weighted by atomic mass is 32.1. The van der Waals surface area contributed by atoms with Crippen LogP contribution in [0.4, 0.5) is 11.4 Å². The van der Waals surface area contributed by atoms with Crippen LogP contribution in [0.3, 0.4) is 0 Å². The molecule has 0 aliphatic heterocycles. The summed E-state index contributed by atoms with van der Waals surface area (Å²) in [5.74, 6) is 0. The van der Waals surface area contributed by atoms with Crippen molar-refractivity contribution < 1.29 is 0 Å². The zero-order valence-electron chi connectivity index (χ0n) is 10.6. The van der Waals surface area contributed by atoms with Crippen LogP contribution in [0.2, 0.25) is 0 Å². The molecular weight excluding hydrogens is 240 g/mol. The van der Waals surface area contributed by atoms with Crippen molar-refractivity contribution in [2.45, 2.75) is 32.2 Å². The fraction of sp³-hybridized carbons (Fsp3) is 0.333. The van der Waals surface area contributed by atoms with E-state index in [1.165, 1.54) is 35.3 Å². The summed E-state index contributed by atoms with van der Waals surface area (Å²) in [7, 11) is 0. The predicted octanol–water partition coefficient (Wildman–Crippen LogP) is 4.13. The highest BCUT2D eigenvalue weighted by Crippen LogP contribution is 2.36. The van der Waals surface area contributed by atoms with Gasteiger partial charge in [0.2, 0.25) is 0 Å². The van der Waals surface area contributed by atoms with Gasteiger partial charge in [0.05, 0.1) is 17.4 Å². The smallest absolute Gasteiger partial charge is 0.0578 e. The lowest BCUT2D eigenvalue weighted by Gasteiger charge is -2.25. The zero-order chi connectivity index (χ0) is 12.5. The van der Waals surface area contributed by atoms with E-state index < -0.39 is 0 Å². The Labute approximate surface area is 112 Å². The average Bonchev–Trinajstić information content (AvgIpc) is 2.82. The zero-order valence-corrected chi connectivity index (χ0v) is 11.4. The van der Waals surface area contributed by atoms with Gasteiger partial charge in [-0.05, 0) is 60.9 Å². The highest BCUT2D eigenvalue weighted by Gasteiger charge is 2.21. The van der Waals surface area contributed by atoms with Gasteiger partial charge in [-0.25, -0.2) is 0 Å². The Kier molecular flexibility index (Phi) is 3.00. The van der Waals surface area contributed by atoms with E-state index in [0.29, 0.717) is 6.04 Å². The molecule has 1 aliphatic carbocycles. The molecule has 1 heterocycles. The second-order valence-electron chi connectivity index (χ2n) is 4.98. The van der Waals surface area contributed by atoms with Gasteiger partial charge in [0.15, 0.2) is 0 Å².